The molecule has 0 aliphatic carbocycles. The molecule has 0 radical (unpaired) electrons. The summed E-state index contributed by atoms with van der Waals surface area (Å²) in [7, 11) is 3.09. The van der Waals surface area contributed by atoms with E-state index in [-0.39, 0.29) is 24.0 Å². The number of hydrogen-bond donors (Lipinski definition) is 0. The molecule has 0 saturated carbocycles. The number of benzene rings is 1. The van der Waals surface area contributed by atoms with Gasteiger partial charge in [0.05, 0.1) is 19.2 Å². The van der Waals surface area contributed by atoms with Crippen molar-refractivity contribution in [3.63, 3.8) is 0 Å². The summed E-state index contributed by atoms with van der Waals surface area (Å²) in [6.07, 6.45) is 2.46. The van der Waals surface area contributed by atoms with Crippen molar-refractivity contribution in [1.82, 2.24) is 19.4 Å². The molecule has 0 unspecified atom stereocenters. The molecule has 2 aromatic heterocycles. The maximum absolute atomic E-state index is 12.9. The van der Waals surface area contributed by atoms with Crippen LogP contribution in [-0.2, 0) is 6.54 Å². The van der Waals surface area contributed by atoms with Crippen molar-refractivity contribution in [2.75, 3.05) is 14.2 Å². The topological polar surface area (TPSA) is 60.2 Å². The molecule has 1 amide bonds. The van der Waals surface area contributed by atoms with Crippen LogP contribution < -0.4 is 4.74 Å². The van der Waals surface area contributed by atoms with Gasteiger partial charge in [-0.3, -0.25) is 9.36 Å². The van der Waals surface area contributed by atoms with Crippen molar-refractivity contribution in [3.8, 4) is 5.75 Å². The van der Waals surface area contributed by atoms with E-state index in [9.17, 15) is 13.6 Å². The first-order valence-corrected chi connectivity index (χ1v) is 7.49. The second-order valence-electron chi connectivity index (χ2n) is 5.44. The van der Waals surface area contributed by atoms with E-state index in [0.29, 0.717) is 11.3 Å². The Labute approximate surface area is 142 Å². The average Bonchev–Trinajstić information content (AvgIpc) is 3.08. The molecule has 0 N–H and O–H groups in total. The summed E-state index contributed by atoms with van der Waals surface area (Å²) in [6, 6.07) is 8.70. The van der Waals surface area contributed by atoms with Gasteiger partial charge in [-0.05, 0) is 24.3 Å². The molecule has 130 valence electrons. The number of hydrogen-bond acceptors (Lipinski definition) is 4. The second kappa shape index (κ2) is 6.84. The maximum atomic E-state index is 12.9. The van der Waals surface area contributed by atoms with Crippen LogP contribution in [0.5, 0.6) is 5.75 Å². The van der Waals surface area contributed by atoms with E-state index in [1.54, 1.807) is 31.4 Å². The van der Waals surface area contributed by atoms with E-state index >= 15 is 0 Å². The summed E-state index contributed by atoms with van der Waals surface area (Å²) in [4.78, 5) is 22.1. The smallest absolute Gasteiger partial charge is 0.319 e. The normalized spacial score (nSPS) is 11.1. The Hall–Kier alpha value is -3.03. The Balaban J connectivity index is 1.82. The summed E-state index contributed by atoms with van der Waals surface area (Å²) in [5, 5.41) is 0.840. The van der Waals surface area contributed by atoms with Crippen LogP contribution in [0.25, 0.3) is 10.9 Å². The zero-order chi connectivity index (χ0) is 18.0. The Kier molecular flexibility index (Phi) is 4.60. The largest absolute Gasteiger partial charge is 0.497 e. The number of ether oxygens (including phenoxy) is 1. The van der Waals surface area contributed by atoms with Gasteiger partial charge >= 0.3 is 6.55 Å². The monoisotopic (exact) mass is 346 g/mol. The number of carbonyl (C=O) groups is 1. The minimum absolute atomic E-state index is 0.0432. The molecule has 6 nitrogen and oxygen atoms in total. The van der Waals surface area contributed by atoms with Crippen LogP contribution in [0.15, 0.2) is 42.7 Å². The van der Waals surface area contributed by atoms with E-state index in [2.05, 4.69) is 9.97 Å². The minimum Gasteiger partial charge on any atom is -0.497 e. The van der Waals surface area contributed by atoms with Crippen molar-refractivity contribution in [1.29, 1.82) is 0 Å². The summed E-state index contributed by atoms with van der Waals surface area (Å²) in [5.74, 6) is 0.433. The number of aromatic nitrogens is 3. The van der Waals surface area contributed by atoms with Crippen LogP contribution >= 0.6 is 0 Å². The third kappa shape index (κ3) is 3.42. The van der Waals surface area contributed by atoms with Gasteiger partial charge in [0, 0.05) is 24.8 Å². The molecule has 0 saturated heterocycles. The summed E-state index contributed by atoms with van der Waals surface area (Å²) >= 11 is 0. The van der Waals surface area contributed by atoms with E-state index in [1.807, 2.05) is 6.07 Å². The number of halogens is 2. The van der Waals surface area contributed by atoms with Gasteiger partial charge in [0.2, 0.25) is 0 Å². The molecule has 3 rings (SSSR count). The molecule has 25 heavy (non-hydrogen) atoms. The molecule has 0 fully saturated rings. The molecule has 0 bridgehead atoms. The number of nitrogens with zero attached hydrogens (tertiary/aromatic N) is 4. The van der Waals surface area contributed by atoms with E-state index in [1.165, 1.54) is 24.3 Å². The molecule has 1 aromatic carbocycles. The fourth-order valence-corrected chi connectivity index (χ4v) is 2.47. The van der Waals surface area contributed by atoms with Crippen molar-refractivity contribution in [3.05, 3.63) is 54.2 Å². The van der Waals surface area contributed by atoms with Gasteiger partial charge in [-0.1, -0.05) is 6.07 Å². The zero-order valence-electron chi connectivity index (χ0n) is 13.7. The number of fused-ring (bicyclic) bond motifs is 1. The highest BCUT2D eigenvalue weighted by atomic mass is 19.3. The van der Waals surface area contributed by atoms with Crippen molar-refractivity contribution >= 4 is 16.8 Å². The number of carbonyl (C=O) groups excluding carboxylic acids is 1. The first-order valence-electron chi connectivity index (χ1n) is 7.49. The van der Waals surface area contributed by atoms with Gasteiger partial charge in [-0.25, -0.2) is 9.97 Å². The van der Waals surface area contributed by atoms with Crippen LogP contribution in [0.4, 0.5) is 8.78 Å². The lowest BCUT2D eigenvalue weighted by molar-refractivity contribution is 0.0611. The third-order valence-electron chi connectivity index (χ3n) is 3.80. The Morgan fingerprint density at radius 1 is 1.32 bits per heavy atom. The second-order valence-corrected chi connectivity index (χ2v) is 5.44. The van der Waals surface area contributed by atoms with Crippen LogP contribution in [0, 0.1) is 0 Å². The standard InChI is InChI=1S/C17H16F2N4O2/c1-22(10-15-20-7-8-23(15)17(18)19)16(24)14-5-3-11-9-12(25-2)4-6-13(11)21-14/h3-9,17H,10H2,1-2H3. The van der Waals surface area contributed by atoms with Gasteiger partial charge in [0.15, 0.2) is 0 Å². The van der Waals surface area contributed by atoms with E-state index < -0.39 is 6.55 Å². The number of methoxy groups -OCH3 is 1. The van der Waals surface area contributed by atoms with Gasteiger partial charge < -0.3 is 9.64 Å². The van der Waals surface area contributed by atoms with Crippen LogP contribution in [-0.4, -0.2) is 39.5 Å². The van der Waals surface area contributed by atoms with Crippen LogP contribution in [0.3, 0.4) is 0 Å². The highest BCUT2D eigenvalue weighted by molar-refractivity contribution is 5.94. The molecule has 0 atom stereocenters. The first-order chi connectivity index (χ1) is 12.0. The SMILES string of the molecule is COc1ccc2nc(C(=O)N(C)Cc3nccn3C(F)F)ccc2c1. The Morgan fingerprint density at radius 2 is 2.12 bits per heavy atom. The predicted molar refractivity (Wildman–Crippen MR) is 87.6 cm³/mol. The van der Waals surface area contributed by atoms with E-state index in [0.717, 1.165) is 9.95 Å². The van der Waals surface area contributed by atoms with E-state index in [4.69, 9.17) is 4.74 Å². The molecule has 0 aliphatic rings. The molecular formula is C17H16F2N4O2. The lowest BCUT2D eigenvalue weighted by atomic mass is 10.2. The molecule has 8 heteroatoms. The fraction of sp³-hybridized carbons (Fsp3) is 0.235. The number of rotatable bonds is 5. The fourth-order valence-electron chi connectivity index (χ4n) is 2.47. The van der Waals surface area contributed by atoms with Gasteiger partial charge in [0.1, 0.15) is 17.3 Å². The van der Waals surface area contributed by atoms with Crippen molar-refractivity contribution in [2.24, 2.45) is 0 Å². The predicted octanol–water partition coefficient (Wildman–Crippen LogP) is 3.11. The molecule has 0 spiro atoms. The van der Waals surface area contributed by atoms with Crippen molar-refractivity contribution < 1.29 is 18.3 Å². The lowest BCUT2D eigenvalue weighted by Gasteiger charge is -2.17. The molecule has 0 aliphatic heterocycles. The average molecular weight is 346 g/mol. The molecule has 2 heterocycles. The third-order valence-corrected chi connectivity index (χ3v) is 3.80. The van der Waals surface area contributed by atoms with Gasteiger partial charge in [0.25, 0.3) is 5.91 Å². The first kappa shape index (κ1) is 16.8. The van der Waals surface area contributed by atoms with Crippen molar-refractivity contribution in [2.45, 2.75) is 13.1 Å². The summed E-state index contributed by atoms with van der Waals surface area (Å²) in [5.41, 5.74) is 0.879. The lowest BCUT2D eigenvalue weighted by Crippen LogP contribution is -2.28. The molecule has 3 aromatic rings. The quantitative estimate of drug-likeness (QED) is 0.712. The number of amides is 1. The van der Waals surface area contributed by atoms with Gasteiger partial charge in [-0.2, -0.15) is 8.78 Å². The van der Waals surface area contributed by atoms with Crippen LogP contribution in [0.2, 0.25) is 0 Å². The van der Waals surface area contributed by atoms with Crippen LogP contribution in [0.1, 0.15) is 22.9 Å². The highest BCUT2D eigenvalue weighted by Gasteiger charge is 2.18. The molecular weight excluding hydrogens is 330 g/mol. The zero-order valence-corrected chi connectivity index (χ0v) is 13.7. The maximum Gasteiger partial charge on any atom is 0.319 e. The highest BCUT2D eigenvalue weighted by Crippen LogP contribution is 2.20. The minimum atomic E-state index is -2.70. The summed E-state index contributed by atoms with van der Waals surface area (Å²) < 4.78 is 31.6. The van der Waals surface area contributed by atoms with Gasteiger partial charge in [-0.15, -0.1) is 0 Å². The Bertz CT molecular complexity index is 911. The Morgan fingerprint density at radius 3 is 2.84 bits per heavy atom. The number of pyridine rings is 1. The number of imidazole rings is 1. The summed E-state index contributed by atoms with van der Waals surface area (Å²) in [6.45, 7) is -2.74. The number of alkyl halides is 2.